The van der Waals surface area contributed by atoms with Gasteiger partial charge in [-0.15, -0.1) is 0 Å². The van der Waals surface area contributed by atoms with Crippen LogP contribution in [0.1, 0.15) is 46.1 Å². The molecule has 0 radical (unpaired) electrons. The first-order chi connectivity index (χ1) is 8.03. The Kier molecular flexibility index (Phi) is 4.18. The fourth-order valence-electron chi connectivity index (χ4n) is 1.55. The Hall–Kier alpha value is -0.940. The molecule has 18 heavy (non-hydrogen) atoms. The lowest BCUT2D eigenvalue weighted by molar-refractivity contribution is 0.486. The molecule has 102 valence electrons. The van der Waals surface area contributed by atoms with Crippen molar-refractivity contribution in [3.05, 3.63) is 29.6 Å². The van der Waals surface area contributed by atoms with Gasteiger partial charge in [0.15, 0.2) is 0 Å². The van der Waals surface area contributed by atoms with Crippen molar-refractivity contribution in [2.75, 3.05) is 0 Å². The van der Waals surface area contributed by atoms with Gasteiger partial charge in [0.25, 0.3) is 0 Å². The molecule has 1 rings (SSSR count). The summed E-state index contributed by atoms with van der Waals surface area (Å²) in [6, 6.07) is 4.24. The van der Waals surface area contributed by atoms with Gasteiger partial charge in [-0.25, -0.2) is 17.5 Å². The van der Waals surface area contributed by atoms with Crippen LogP contribution >= 0.6 is 0 Å². The summed E-state index contributed by atoms with van der Waals surface area (Å²) in [5, 5.41) is 0. The summed E-state index contributed by atoms with van der Waals surface area (Å²) in [4.78, 5) is -0.304. The van der Waals surface area contributed by atoms with Crippen molar-refractivity contribution in [1.29, 1.82) is 0 Å². The Morgan fingerprint density at radius 2 is 1.78 bits per heavy atom. The van der Waals surface area contributed by atoms with Gasteiger partial charge < -0.3 is 0 Å². The van der Waals surface area contributed by atoms with Crippen molar-refractivity contribution in [2.45, 2.75) is 51.0 Å². The van der Waals surface area contributed by atoms with Gasteiger partial charge in [-0.1, -0.05) is 19.9 Å². The summed E-state index contributed by atoms with van der Waals surface area (Å²) in [7, 11) is -3.82. The van der Waals surface area contributed by atoms with Gasteiger partial charge in [-0.05, 0) is 44.4 Å². The molecule has 5 heteroatoms. The van der Waals surface area contributed by atoms with E-state index in [1.807, 2.05) is 13.8 Å². The number of rotatable bonds is 3. The molecular formula is C13H20FNO2S. The second-order valence-corrected chi connectivity index (χ2v) is 7.35. The fourth-order valence-corrected chi connectivity index (χ4v) is 3.03. The van der Waals surface area contributed by atoms with Gasteiger partial charge in [0.05, 0.1) is 0 Å². The molecule has 1 aromatic carbocycles. The molecule has 3 nitrogen and oxygen atoms in total. The van der Waals surface area contributed by atoms with Gasteiger partial charge in [0, 0.05) is 5.54 Å². The molecule has 0 saturated carbocycles. The van der Waals surface area contributed by atoms with E-state index in [0.29, 0.717) is 0 Å². The number of nitrogens with one attached hydrogen (secondary N) is 1. The molecule has 0 aliphatic carbocycles. The molecule has 0 aromatic heterocycles. The van der Waals surface area contributed by atoms with E-state index < -0.39 is 21.4 Å². The molecule has 0 aliphatic rings. The maximum Gasteiger partial charge on any atom is 0.243 e. The van der Waals surface area contributed by atoms with Crippen LogP contribution in [0.3, 0.4) is 0 Å². The minimum Gasteiger partial charge on any atom is -0.207 e. The molecule has 0 spiro atoms. The van der Waals surface area contributed by atoms with E-state index in [1.54, 1.807) is 26.8 Å². The molecule has 1 N–H and O–H groups in total. The maximum atomic E-state index is 13.9. The smallest absolute Gasteiger partial charge is 0.207 e. The SMILES string of the molecule is CC(C)c1ccc(S(=O)(=O)NC(C)(C)C)c(F)c1. The van der Waals surface area contributed by atoms with Crippen LogP contribution in [-0.4, -0.2) is 14.0 Å². The first-order valence-electron chi connectivity index (χ1n) is 5.86. The highest BCUT2D eigenvalue weighted by Crippen LogP contribution is 2.22. The average molecular weight is 273 g/mol. The molecule has 0 saturated heterocycles. The topological polar surface area (TPSA) is 46.2 Å². The summed E-state index contributed by atoms with van der Waals surface area (Å²) in [5.41, 5.74) is 0.143. The second-order valence-electron chi connectivity index (χ2n) is 5.70. The van der Waals surface area contributed by atoms with Crippen molar-refractivity contribution >= 4 is 10.0 Å². The first kappa shape index (κ1) is 15.1. The van der Waals surface area contributed by atoms with Gasteiger partial charge in [0.2, 0.25) is 10.0 Å². The number of halogens is 1. The van der Waals surface area contributed by atoms with E-state index >= 15 is 0 Å². The molecule has 0 fully saturated rings. The van der Waals surface area contributed by atoms with E-state index in [-0.39, 0.29) is 10.8 Å². The lowest BCUT2D eigenvalue weighted by Gasteiger charge is -2.20. The second kappa shape index (κ2) is 4.97. The zero-order chi connectivity index (χ0) is 14.1. The number of hydrogen-bond acceptors (Lipinski definition) is 2. The van der Waals surface area contributed by atoms with Crippen molar-refractivity contribution in [3.63, 3.8) is 0 Å². The average Bonchev–Trinajstić information content (AvgIpc) is 2.12. The van der Waals surface area contributed by atoms with Crippen LogP contribution in [0.15, 0.2) is 23.1 Å². The molecule has 0 heterocycles. The minimum absolute atomic E-state index is 0.159. The summed E-state index contributed by atoms with van der Waals surface area (Å²) < 4.78 is 40.3. The third-order valence-corrected chi connectivity index (χ3v) is 4.14. The number of benzene rings is 1. The Labute approximate surface area is 108 Å². The lowest BCUT2D eigenvalue weighted by atomic mass is 10.0. The summed E-state index contributed by atoms with van der Waals surface area (Å²) >= 11 is 0. The van der Waals surface area contributed by atoms with Crippen LogP contribution in [0.25, 0.3) is 0 Å². The Bertz CT molecular complexity index is 530. The molecule has 0 unspecified atom stereocenters. The number of hydrogen-bond donors (Lipinski definition) is 1. The third kappa shape index (κ3) is 3.78. The summed E-state index contributed by atoms with van der Waals surface area (Å²) in [5.74, 6) is -0.551. The zero-order valence-corrected chi connectivity index (χ0v) is 12.2. The maximum absolute atomic E-state index is 13.9. The van der Waals surface area contributed by atoms with Crippen LogP contribution < -0.4 is 4.72 Å². The predicted molar refractivity (Wildman–Crippen MR) is 70.6 cm³/mol. The first-order valence-corrected chi connectivity index (χ1v) is 7.35. The summed E-state index contributed by atoms with van der Waals surface area (Å²) in [6.45, 7) is 8.99. The molecule has 1 aromatic rings. The Morgan fingerprint density at radius 1 is 1.22 bits per heavy atom. The van der Waals surface area contributed by atoms with Crippen molar-refractivity contribution < 1.29 is 12.8 Å². The van der Waals surface area contributed by atoms with Gasteiger partial charge >= 0.3 is 0 Å². The summed E-state index contributed by atoms with van der Waals surface area (Å²) in [6.07, 6.45) is 0. The van der Waals surface area contributed by atoms with Crippen LogP contribution in [0, 0.1) is 5.82 Å². The minimum atomic E-state index is -3.82. The third-order valence-electron chi connectivity index (χ3n) is 2.35. The standard InChI is InChI=1S/C13H20FNO2S/c1-9(2)10-6-7-12(11(14)8-10)18(16,17)15-13(3,4)5/h6-9,15H,1-5H3. The van der Waals surface area contributed by atoms with E-state index in [4.69, 9.17) is 0 Å². The normalized spacial score (nSPS) is 13.1. The van der Waals surface area contributed by atoms with E-state index in [1.165, 1.54) is 12.1 Å². The molecule has 0 atom stereocenters. The van der Waals surface area contributed by atoms with E-state index in [9.17, 15) is 12.8 Å². The fraction of sp³-hybridized carbons (Fsp3) is 0.538. The highest BCUT2D eigenvalue weighted by molar-refractivity contribution is 7.89. The van der Waals surface area contributed by atoms with Gasteiger partial charge in [-0.3, -0.25) is 0 Å². The van der Waals surface area contributed by atoms with Gasteiger partial charge in [-0.2, -0.15) is 0 Å². The predicted octanol–water partition coefficient (Wildman–Crippen LogP) is 3.03. The monoisotopic (exact) mass is 273 g/mol. The number of sulfonamides is 1. The molecule has 0 bridgehead atoms. The van der Waals surface area contributed by atoms with E-state index in [2.05, 4.69) is 4.72 Å². The van der Waals surface area contributed by atoms with Crippen molar-refractivity contribution in [3.8, 4) is 0 Å². The Morgan fingerprint density at radius 3 is 2.17 bits per heavy atom. The molecule has 0 amide bonds. The lowest BCUT2D eigenvalue weighted by Crippen LogP contribution is -2.40. The Balaban J connectivity index is 3.19. The van der Waals surface area contributed by atoms with Crippen molar-refractivity contribution in [1.82, 2.24) is 4.72 Å². The highest BCUT2D eigenvalue weighted by atomic mass is 32.2. The van der Waals surface area contributed by atoms with Crippen LogP contribution in [-0.2, 0) is 10.0 Å². The van der Waals surface area contributed by atoms with Crippen LogP contribution in [0.2, 0.25) is 0 Å². The van der Waals surface area contributed by atoms with Crippen molar-refractivity contribution in [2.24, 2.45) is 0 Å². The highest BCUT2D eigenvalue weighted by Gasteiger charge is 2.25. The quantitative estimate of drug-likeness (QED) is 0.920. The molecule has 0 aliphatic heterocycles. The molecular weight excluding hydrogens is 253 g/mol. The largest absolute Gasteiger partial charge is 0.243 e. The van der Waals surface area contributed by atoms with Crippen LogP contribution in [0.4, 0.5) is 4.39 Å². The van der Waals surface area contributed by atoms with Gasteiger partial charge in [0.1, 0.15) is 10.7 Å². The zero-order valence-electron chi connectivity index (χ0n) is 11.4. The van der Waals surface area contributed by atoms with E-state index in [0.717, 1.165) is 5.56 Å². The van der Waals surface area contributed by atoms with Crippen LogP contribution in [0.5, 0.6) is 0 Å².